The molecule has 0 saturated heterocycles. The molecule has 0 radical (unpaired) electrons. The molecular weight excluding hydrogens is 386 g/mol. The van der Waals surface area contributed by atoms with Gasteiger partial charge in [-0.2, -0.15) is 4.98 Å². The molecule has 0 spiro atoms. The average Bonchev–Trinajstić information content (AvgIpc) is 2.72. The van der Waals surface area contributed by atoms with E-state index in [1.165, 1.54) is 19.2 Å². The summed E-state index contributed by atoms with van der Waals surface area (Å²) in [6, 6.07) is 4.20. The minimum Gasteiger partial charge on any atom is -0.495 e. The molecule has 1 aliphatic rings. The summed E-state index contributed by atoms with van der Waals surface area (Å²) in [7, 11) is 3.19. The summed E-state index contributed by atoms with van der Waals surface area (Å²) in [5, 5.41) is 12.3. The van der Waals surface area contributed by atoms with Crippen LogP contribution in [-0.4, -0.2) is 53.7 Å². The molecule has 0 fully saturated rings. The highest BCUT2D eigenvalue weighted by Gasteiger charge is 2.35. The van der Waals surface area contributed by atoms with E-state index >= 15 is 0 Å². The van der Waals surface area contributed by atoms with Crippen molar-refractivity contribution >= 4 is 35.0 Å². The number of fused-ring (bicyclic) bond motifs is 1. The first-order valence-electron chi connectivity index (χ1n) is 9.82. The van der Waals surface area contributed by atoms with E-state index in [0.717, 1.165) is 6.42 Å². The lowest BCUT2D eigenvalue weighted by Gasteiger charge is -2.39. The first-order valence-corrected chi connectivity index (χ1v) is 9.82. The van der Waals surface area contributed by atoms with Gasteiger partial charge in [0.2, 0.25) is 11.9 Å². The fourth-order valence-corrected chi connectivity index (χ4v) is 3.34. The molecule has 2 N–H and O–H groups in total. The third-order valence-corrected chi connectivity index (χ3v) is 5.18. The number of aromatic nitrogens is 2. The molecule has 2 heterocycles. The van der Waals surface area contributed by atoms with Gasteiger partial charge in [-0.15, -0.1) is 0 Å². The maximum atomic E-state index is 12.6. The van der Waals surface area contributed by atoms with Crippen LogP contribution < -0.4 is 19.9 Å². The monoisotopic (exact) mass is 413 g/mol. The standard InChI is InChI=1S/C21H27N5O4/c1-12(2)8-9-26-13(3)19(27)25(4)16-11-22-21(24-18(16)26)23-15-7-6-14(20(28)29)10-17(15)30-5/h6-7,10-13H,8-9H2,1-5H3,(H,28,29)(H,22,23,24). The zero-order chi connectivity index (χ0) is 22.0. The van der Waals surface area contributed by atoms with E-state index in [9.17, 15) is 9.59 Å². The highest BCUT2D eigenvalue weighted by atomic mass is 16.5. The first kappa shape index (κ1) is 21.4. The van der Waals surface area contributed by atoms with Gasteiger partial charge in [0.15, 0.2) is 5.82 Å². The molecule has 0 aliphatic carbocycles. The Hall–Kier alpha value is -3.36. The van der Waals surface area contributed by atoms with Gasteiger partial charge in [-0.3, -0.25) is 4.79 Å². The number of methoxy groups -OCH3 is 1. The summed E-state index contributed by atoms with van der Waals surface area (Å²) in [5.74, 6) is 0.845. The molecule has 9 heteroatoms. The van der Waals surface area contributed by atoms with Crippen LogP contribution in [0.2, 0.25) is 0 Å². The molecule has 3 rings (SSSR count). The minimum atomic E-state index is -1.03. The normalized spacial score (nSPS) is 15.9. The number of hydrogen-bond acceptors (Lipinski definition) is 7. The van der Waals surface area contributed by atoms with Gasteiger partial charge >= 0.3 is 5.97 Å². The highest BCUT2D eigenvalue weighted by molar-refractivity contribution is 6.04. The van der Waals surface area contributed by atoms with E-state index in [1.807, 2.05) is 11.8 Å². The number of anilines is 4. The second-order valence-corrected chi connectivity index (χ2v) is 7.70. The predicted molar refractivity (Wildman–Crippen MR) is 115 cm³/mol. The minimum absolute atomic E-state index is 0.00138. The molecule has 0 saturated carbocycles. The van der Waals surface area contributed by atoms with Crippen molar-refractivity contribution in [1.82, 2.24) is 9.97 Å². The van der Waals surface area contributed by atoms with Crippen LogP contribution in [0.1, 0.15) is 37.6 Å². The molecule has 1 aliphatic heterocycles. The number of nitrogens with zero attached hydrogens (tertiary/aromatic N) is 4. The van der Waals surface area contributed by atoms with Crippen LogP contribution in [0.15, 0.2) is 24.4 Å². The lowest BCUT2D eigenvalue weighted by molar-refractivity contribution is -0.119. The number of aromatic carboxylic acids is 1. The second kappa shape index (κ2) is 8.56. The number of carboxylic acids is 1. The topological polar surface area (TPSA) is 108 Å². The molecule has 1 atom stereocenters. The molecule has 2 aromatic rings. The number of likely N-dealkylation sites (N-methyl/N-ethyl adjacent to an activating group) is 1. The van der Waals surface area contributed by atoms with Gasteiger partial charge in [-0.05, 0) is 37.5 Å². The molecular formula is C21H27N5O4. The van der Waals surface area contributed by atoms with E-state index in [-0.39, 0.29) is 17.5 Å². The number of benzene rings is 1. The van der Waals surface area contributed by atoms with Gasteiger partial charge in [-0.25, -0.2) is 9.78 Å². The zero-order valence-corrected chi connectivity index (χ0v) is 17.8. The van der Waals surface area contributed by atoms with Crippen molar-refractivity contribution in [3.8, 4) is 5.75 Å². The van der Waals surface area contributed by atoms with E-state index in [2.05, 4.69) is 29.1 Å². The van der Waals surface area contributed by atoms with Crippen LogP contribution in [-0.2, 0) is 4.79 Å². The lowest BCUT2D eigenvalue weighted by Crippen LogP contribution is -2.51. The Labute approximate surface area is 175 Å². The van der Waals surface area contributed by atoms with E-state index in [4.69, 9.17) is 9.84 Å². The van der Waals surface area contributed by atoms with Crippen molar-refractivity contribution in [3.05, 3.63) is 30.0 Å². The molecule has 1 unspecified atom stereocenters. The number of amides is 1. The van der Waals surface area contributed by atoms with E-state index < -0.39 is 5.97 Å². The number of ether oxygens (including phenoxy) is 1. The summed E-state index contributed by atoms with van der Waals surface area (Å²) in [6.45, 7) is 6.87. The average molecular weight is 413 g/mol. The second-order valence-electron chi connectivity index (χ2n) is 7.70. The first-order chi connectivity index (χ1) is 14.2. The molecule has 160 valence electrons. The molecule has 1 amide bonds. The van der Waals surface area contributed by atoms with Crippen LogP contribution in [0.4, 0.5) is 23.1 Å². The highest BCUT2D eigenvalue weighted by Crippen LogP contribution is 2.35. The zero-order valence-electron chi connectivity index (χ0n) is 17.8. The number of carboxylic acid groups (broad SMARTS) is 1. The van der Waals surface area contributed by atoms with E-state index in [0.29, 0.717) is 41.4 Å². The Kier molecular flexibility index (Phi) is 6.09. The molecule has 9 nitrogen and oxygen atoms in total. The van der Waals surface area contributed by atoms with Gasteiger partial charge in [0, 0.05) is 13.6 Å². The number of nitrogens with one attached hydrogen (secondary N) is 1. The van der Waals surface area contributed by atoms with Crippen LogP contribution >= 0.6 is 0 Å². The van der Waals surface area contributed by atoms with Gasteiger partial charge in [0.1, 0.15) is 17.5 Å². The van der Waals surface area contributed by atoms with Crippen molar-refractivity contribution < 1.29 is 19.4 Å². The van der Waals surface area contributed by atoms with Crippen molar-refractivity contribution in [2.75, 3.05) is 35.8 Å². The van der Waals surface area contributed by atoms with Gasteiger partial charge in [0.05, 0.1) is 24.6 Å². The Morgan fingerprint density at radius 2 is 2.10 bits per heavy atom. The van der Waals surface area contributed by atoms with Crippen LogP contribution in [0.5, 0.6) is 5.75 Å². The fourth-order valence-electron chi connectivity index (χ4n) is 3.34. The molecule has 0 bridgehead atoms. The van der Waals surface area contributed by atoms with Crippen molar-refractivity contribution in [2.45, 2.75) is 33.2 Å². The quantitative estimate of drug-likeness (QED) is 0.713. The third-order valence-electron chi connectivity index (χ3n) is 5.18. The number of rotatable bonds is 7. The molecule has 1 aromatic carbocycles. The maximum Gasteiger partial charge on any atom is 0.335 e. The number of hydrogen-bond donors (Lipinski definition) is 2. The van der Waals surface area contributed by atoms with Gasteiger partial charge in [-0.1, -0.05) is 13.8 Å². The maximum absolute atomic E-state index is 12.6. The number of carbonyl (C=O) groups is 2. The summed E-state index contributed by atoms with van der Waals surface area (Å²) in [6.07, 6.45) is 2.55. The third kappa shape index (κ3) is 4.14. The summed E-state index contributed by atoms with van der Waals surface area (Å²) in [5.41, 5.74) is 1.32. The molecule has 1 aromatic heterocycles. The van der Waals surface area contributed by atoms with Gasteiger partial charge in [0.25, 0.3) is 0 Å². The summed E-state index contributed by atoms with van der Waals surface area (Å²) >= 11 is 0. The largest absolute Gasteiger partial charge is 0.495 e. The SMILES string of the molecule is COc1cc(C(=O)O)ccc1Nc1ncc2c(n1)N(CCC(C)C)C(C)C(=O)N2C. The van der Waals surface area contributed by atoms with Crippen LogP contribution in [0.3, 0.4) is 0 Å². The fraction of sp³-hybridized carbons (Fsp3) is 0.429. The Bertz CT molecular complexity index is 962. The van der Waals surface area contributed by atoms with Crippen LogP contribution in [0, 0.1) is 5.92 Å². The smallest absolute Gasteiger partial charge is 0.335 e. The Morgan fingerprint density at radius 3 is 2.73 bits per heavy atom. The number of carbonyl (C=O) groups excluding carboxylic acids is 1. The summed E-state index contributed by atoms with van der Waals surface area (Å²) in [4.78, 5) is 36.4. The van der Waals surface area contributed by atoms with Crippen molar-refractivity contribution in [1.29, 1.82) is 0 Å². The lowest BCUT2D eigenvalue weighted by atomic mass is 10.1. The van der Waals surface area contributed by atoms with Crippen molar-refractivity contribution in [3.63, 3.8) is 0 Å². The van der Waals surface area contributed by atoms with E-state index in [1.54, 1.807) is 24.2 Å². The Morgan fingerprint density at radius 1 is 1.37 bits per heavy atom. The van der Waals surface area contributed by atoms with Crippen LogP contribution in [0.25, 0.3) is 0 Å². The van der Waals surface area contributed by atoms with Gasteiger partial charge < -0.3 is 25.0 Å². The Balaban J connectivity index is 1.96. The summed E-state index contributed by atoms with van der Waals surface area (Å²) < 4.78 is 5.31. The molecule has 30 heavy (non-hydrogen) atoms. The van der Waals surface area contributed by atoms with Crippen molar-refractivity contribution in [2.24, 2.45) is 5.92 Å². The predicted octanol–water partition coefficient (Wildman–Crippen LogP) is 3.14.